The standard InChI is InChI=1S/C17H17BrN2O4/c1-2-23-16-9-12(3-8-15(16)21)10-19-20-17(22)11-24-14-6-4-13(18)5-7-14/h3-10,21H,2,11H2,1H3,(H,20,22). The average molecular weight is 393 g/mol. The topological polar surface area (TPSA) is 80.2 Å². The van der Waals surface area contributed by atoms with Gasteiger partial charge in [0.05, 0.1) is 12.8 Å². The first-order valence-electron chi connectivity index (χ1n) is 7.24. The Labute approximate surface area is 148 Å². The van der Waals surface area contributed by atoms with Gasteiger partial charge in [-0.3, -0.25) is 4.79 Å². The highest BCUT2D eigenvalue weighted by Gasteiger charge is 2.03. The third kappa shape index (κ3) is 5.58. The highest BCUT2D eigenvalue weighted by Crippen LogP contribution is 2.26. The second-order valence-corrected chi connectivity index (χ2v) is 5.61. The summed E-state index contributed by atoms with van der Waals surface area (Å²) < 4.78 is 11.5. The molecule has 0 atom stereocenters. The number of ether oxygens (including phenoxy) is 2. The van der Waals surface area contributed by atoms with Crippen LogP contribution in [0.1, 0.15) is 12.5 Å². The van der Waals surface area contributed by atoms with E-state index in [0.29, 0.717) is 23.7 Å². The van der Waals surface area contributed by atoms with Crippen molar-refractivity contribution in [1.29, 1.82) is 0 Å². The van der Waals surface area contributed by atoms with Gasteiger partial charge in [0, 0.05) is 4.47 Å². The molecule has 0 bridgehead atoms. The van der Waals surface area contributed by atoms with Crippen LogP contribution in [0.2, 0.25) is 0 Å². The van der Waals surface area contributed by atoms with E-state index in [-0.39, 0.29) is 18.3 Å². The Bertz CT molecular complexity index is 717. The Morgan fingerprint density at radius 3 is 2.71 bits per heavy atom. The number of rotatable bonds is 7. The molecule has 6 nitrogen and oxygen atoms in total. The van der Waals surface area contributed by atoms with Gasteiger partial charge >= 0.3 is 0 Å². The number of benzene rings is 2. The Kier molecular flexibility index (Phi) is 6.62. The molecule has 0 aliphatic carbocycles. The third-order valence-corrected chi connectivity index (χ3v) is 3.40. The number of phenolic OH excluding ortho intramolecular Hbond substituents is 1. The van der Waals surface area contributed by atoms with Crippen LogP contribution in [0.3, 0.4) is 0 Å². The van der Waals surface area contributed by atoms with Crippen LogP contribution >= 0.6 is 15.9 Å². The molecule has 0 aliphatic heterocycles. The molecule has 1 amide bonds. The zero-order valence-electron chi connectivity index (χ0n) is 13.0. The summed E-state index contributed by atoms with van der Waals surface area (Å²) in [5.74, 6) is 0.641. The summed E-state index contributed by atoms with van der Waals surface area (Å²) >= 11 is 3.32. The summed E-state index contributed by atoms with van der Waals surface area (Å²) in [6.07, 6.45) is 1.46. The van der Waals surface area contributed by atoms with Crippen LogP contribution in [0, 0.1) is 0 Å². The van der Waals surface area contributed by atoms with Crippen molar-refractivity contribution >= 4 is 28.1 Å². The highest BCUT2D eigenvalue weighted by atomic mass is 79.9. The maximum atomic E-state index is 11.7. The van der Waals surface area contributed by atoms with E-state index >= 15 is 0 Å². The van der Waals surface area contributed by atoms with Crippen molar-refractivity contribution in [3.63, 3.8) is 0 Å². The first-order chi connectivity index (χ1) is 11.6. The maximum absolute atomic E-state index is 11.7. The zero-order chi connectivity index (χ0) is 17.4. The molecule has 0 unspecified atom stereocenters. The van der Waals surface area contributed by atoms with Crippen molar-refractivity contribution in [3.8, 4) is 17.2 Å². The number of amides is 1. The van der Waals surface area contributed by atoms with E-state index < -0.39 is 0 Å². The van der Waals surface area contributed by atoms with Crippen LogP contribution in [-0.2, 0) is 4.79 Å². The van der Waals surface area contributed by atoms with Crippen LogP contribution in [-0.4, -0.2) is 30.4 Å². The van der Waals surface area contributed by atoms with Crippen molar-refractivity contribution < 1.29 is 19.4 Å². The SMILES string of the molecule is CCOc1cc(C=NNC(=O)COc2ccc(Br)cc2)ccc1O. The summed E-state index contributed by atoms with van der Waals surface area (Å²) in [6, 6.07) is 12.0. The first-order valence-corrected chi connectivity index (χ1v) is 8.04. The van der Waals surface area contributed by atoms with Crippen LogP contribution in [0.4, 0.5) is 0 Å². The number of nitrogens with one attached hydrogen (secondary N) is 1. The van der Waals surface area contributed by atoms with Crippen LogP contribution < -0.4 is 14.9 Å². The molecular weight excluding hydrogens is 376 g/mol. The van der Waals surface area contributed by atoms with Crippen LogP contribution in [0.25, 0.3) is 0 Å². The van der Waals surface area contributed by atoms with Gasteiger partial charge in [-0.05, 0) is 55.0 Å². The van der Waals surface area contributed by atoms with E-state index in [9.17, 15) is 9.90 Å². The van der Waals surface area contributed by atoms with Crippen molar-refractivity contribution in [3.05, 3.63) is 52.5 Å². The number of hydrogen-bond acceptors (Lipinski definition) is 5. The van der Waals surface area contributed by atoms with Crippen molar-refractivity contribution in [1.82, 2.24) is 5.43 Å². The van der Waals surface area contributed by atoms with Gasteiger partial charge in [-0.15, -0.1) is 0 Å². The minimum absolute atomic E-state index is 0.0564. The van der Waals surface area contributed by atoms with E-state index in [1.807, 2.05) is 19.1 Å². The fraction of sp³-hybridized carbons (Fsp3) is 0.176. The van der Waals surface area contributed by atoms with Gasteiger partial charge in [-0.1, -0.05) is 15.9 Å². The average Bonchev–Trinajstić information content (AvgIpc) is 2.57. The molecule has 0 aliphatic rings. The minimum Gasteiger partial charge on any atom is -0.504 e. The fourth-order valence-corrected chi connectivity index (χ4v) is 2.04. The van der Waals surface area contributed by atoms with Crippen LogP contribution in [0.15, 0.2) is 52.0 Å². The number of hydrogen-bond donors (Lipinski definition) is 2. The number of halogens is 1. The number of carbonyl (C=O) groups excluding carboxylic acids is 1. The lowest BCUT2D eigenvalue weighted by Crippen LogP contribution is -2.24. The minimum atomic E-state index is -0.377. The van der Waals surface area contributed by atoms with Crippen molar-refractivity contribution in [2.45, 2.75) is 6.92 Å². The molecule has 2 aromatic rings. The van der Waals surface area contributed by atoms with Gasteiger partial charge in [-0.25, -0.2) is 5.43 Å². The second-order valence-electron chi connectivity index (χ2n) is 4.70. The first kappa shape index (κ1) is 17.8. The molecule has 0 spiro atoms. The molecule has 0 aromatic heterocycles. The maximum Gasteiger partial charge on any atom is 0.277 e. The molecule has 0 fully saturated rings. The summed E-state index contributed by atoms with van der Waals surface area (Å²) in [5.41, 5.74) is 3.06. The Morgan fingerprint density at radius 2 is 2.00 bits per heavy atom. The summed E-state index contributed by atoms with van der Waals surface area (Å²) in [4.78, 5) is 11.7. The quantitative estimate of drug-likeness (QED) is 0.560. The van der Waals surface area contributed by atoms with Gasteiger partial charge in [0.15, 0.2) is 18.1 Å². The molecule has 126 valence electrons. The van der Waals surface area contributed by atoms with Gasteiger partial charge in [0.1, 0.15) is 5.75 Å². The highest BCUT2D eigenvalue weighted by molar-refractivity contribution is 9.10. The largest absolute Gasteiger partial charge is 0.504 e. The lowest BCUT2D eigenvalue weighted by atomic mass is 10.2. The number of phenols is 1. The van der Waals surface area contributed by atoms with E-state index in [1.165, 1.54) is 12.3 Å². The molecule has 24 heavy (non-hydrogen) atoms. The molecule has 2 N–H and O–H groups in total. The number of nitrogens with zero attached hydrogens (tertiary/aromatic N) is 1. The molecule has 0 saturated heterocycles. The van der Waals surface area contributed by atoms with Crippen molar-refractivity contribution in [2.24, 2.45) is 5.10 Å². The Balaban J connectivity index is 1.83. The van der Waals surface area contributed by atoms with Crippen LogP contribution in [0.5, 0.6) is 17.2 Å². The smallest absolute Gasteiger partial charge is 0.277 e. The molecule has 0 heterocycles. The Morgan fingerprint density at radius 1 is 1.25 bits per heavy atom. The van der Waals surface area contributed by atoms with Gasteiger partial charge < -0.3 is 14.6 Å². The van der Waals surface area contributed by atoms with Gasteiger partial charge in [0.2, 0.25) is 0 Å². The van der Waals surface area contributed by atoms with E-state index in [2.05, 4.69) is 26.5 Å². The molecule has 7 heteroatoms. The lowest BCUT2D eigenvalue weighted by molar-refractivity contribution is -0.123. The summed E-state index contributed by atoms with van der Waals surface area (Å²) in [7, 11) is 0. The van der Waals surface area contributed by atoms with Gasteiger partial charge in [0.25, 0.3) is 5.91 Å². The predicted molar refractivity (Wildman–Crippen MR) is 94.6 cm³/mol. The Hall–Kier alpha value is -2.54. The number of aromatic hydroxyl groups is 1. The van der Waals surface area contributed by atoms with E-state index in [4.69, 9.17) is 9.47 Å². The molecule has 0 radical (unpaired) electrons. The van der Waals surface area contributed by atoms with E-state index in [0.717, 1.165) is 4.47 Å². The number of hydrazone groups is 1. The molecule has 0 saturated carbocycles. The summed E-state index contributed by atoms with van der Waals surface area (Å²) in [6.45, 7) is 2.13. The molecular formula is C17H17BrN2O4. The molecule has 2 aromatic carbocycles. The fourth-order valence-electron chi connectivity index (χ4n) is 1.77. The van der Waals surface area contributed by atoms with E-state index in [1.54, 1.807) is 24.3 Å². The number of carbonyl (C=O) groups is 1. The summed E-state index contributed by atoms with van der Waals surface area (Å²) in [5, 5.41) is 13.5. The normalized spacial score (nSPS) is 10.6. The van der Waals surface area contributed by atoms with Gasteiger partial charge in [-0.2, -0.15) is 5.10 Å². The monoisotopic (exact) mass is 392 g/mol. The van der Waals surface area contributed by atoms with Crippen molar-refractivity contribution in [2.75, 3.05) is 13.2 Å². The predicted octanol–water partition coefficient (Wildman–Crippen LogP) is 3.08. The molecule has 2 rings (SSSR count). The third-order valence-electron chi connectivity index (χ3n) is 2.87. The second kappa shape index (κ2) is 8.93. The zero-order valence-corrected chi connectivity index (χ0v) is 14.6. The lowest BCUT2D eigenvalue weighted by Gasteiger charge is -2.06.